The molecule has 0 saturated heterocycles. The highest BCUT2D eigenvalue weighted by Crippen LogP contribution is 2.29. The van der Waals surface area contributed by atoms with E-state index in [1.807, 2.05) is 0 Å². The van der Waals surface area contributed by atoms with Gasteiger partial charge in [0.15, 0.2) is 0 Å². The van der Waals surface area contributed by atoms with Gasteiger partial charge in [-0.3, -0.25) is 14.9 Å². The van der Waals surface area contributed by atoms with Crippen LogP contribution in [0.4, 0.5) is 5.69 Å². The van der Waals surface area contributed by atoms with Crippen molar-refractivity contribution in [2.45, 2.75) is 13.8 Å². The first-order valence-corrected chi connectivity index (χ1v) is 6.72. The molecule has 0 spiro atoms. The Balaban J connectivity index is 2.19. The normalized spacial score (nSPS) is 10.9. The van der Waals surface area contributed by atoms with Crippen LogP contribution in [0.5, 0.6) is 5.75 Å². The topological polar surface area (TPSA) is 121 Å². The molecule has 0 unspecified atom stereocenters. The number of benzene rings is 1. The molecule has 0 bridgehead atoms. The van der Waals surface area contributed by atoms with Crippen LogP contribution >= 0.6 is 11.6 Å². The molecule has 1 N–H and O–H groups in total. The highest BCUT2D eigenvalue weighted by Gasteiger charge is 2.13. The van der Waals surface area contributed by atoms with Crippen LogP contribution in [-0.4, -0.2) is 17.0 Å². The molecule has 8 nitrogen and oxygen atoms in total. The van der Waals surface area contributed by atoms with Crippen LogP contribution in [0.3, 0.4) is 0 Å². The van der Waals surface area contributed by atoms with Crippen LogP contribution in [0.2, 0.25) is 5.02 Å². The minimum atomic E-state index is -0.840. The molecule has 2 rings (SSSR count). The molecule has 120 valence electrons. The van der Waals surface area contributed by atoms with Crippen molar-refractivity contribution in [2.75, 3.05) is 0 Å². The summed E-state index contributed by atoms with van der Waals surface area (Å²) in [5, 5.41) is 26.2. The lowest BCUT2D eigenvalue weighted by molar-refractivity contribution is -0.398. The van der Waals surface area contributed by atoms with Gasteiger partial charge in [-0.2, -0.15) is 5.10 Å². The van der Waals surface area contributed by atoms with E-state index in [4.69, 9.17) is 16.0 Å². The Morgan fingerprint density at radius 3 is 2.65 bits per heavy atom. The fourth-order valence-corrected chi connectivity index (χ4v) is 2.13. The third-order valence-corrected chi connectivity index (χ3v) is 3.13. The van der Waals surface area contributed by atoms with Crippen LogP contribution in [0.1, 0.15) is 27.4 Å². The van der Waals surface area contributed by atoms with Crippen molar-refractivity contribution in [3.63, 3.8) is 0 Å². The van der Waals surface area contributed by atoms with Gasteiger partial charge in [0.25, 0.3) is 11.6 Å². The third-order valence-electron chi connectivity index (χ3n) is 2.91. The number of nitrogens with one attached hydrogen (secondary N) is 1. The van der Waals surface area contributed by atoms with E-state index < -0.39 is 22.3 Å². The molecular weight excluding hydrogens is 326 g/mol. The number of halogens is 1. The Hall–Kier alpha value is -2.87. The molecule has 1 aromatic heterocycles. The summed E-state index contributed by atoms with van der Waals surface area (Å²) in [6.45, 7) is 3.32. The lowest BCUT2D eigenvalue weighted by atomic mass is 10.2. The number of nitro benzene ring substituents is 1. The zero-order valence-corrected chi connectivity index (χ0v) is 12.9. The Kier molecular flexibility index (Phi) is 4.65. The van der Waals surface area contributed by atoms with E-state index in [9.17, 15) is 20.0 Å². The smallest absolute Gasteiger partial charge is 0.274 e. The van der Waals surface area contributed by atoms with Crippen molar-refractivity contribution in [3.05, 3.63) is 56.0 Å². The summed E-state index contributed by atoms with van der Waals surface area (Å²) in [4.78, 5) is 21.8. The average Bonchev–Trinajstić information content (AvgIpc) is 2.80. The lowest BCUT2D eigenvalue weighted by Gasteiger charge is -2.10. The number of carbonyl (C=O) groups is 1. The van der Waals surface area contributed by atoms with Gasteiger partial charge in [-0.05, 0) is 37.3 Å². The van der Waals surface area contributed by atoms with Gasteiger partial charge in [-0.1, -0.05) is 11.6 Å². The Morgan fingerprint density at radius 1 is 1.39 bits per heavy atom. The number of hydrogen-bond donors (Lipinski definition) is 1. The number of amides is 1. The molecule has 0 atom stereocenters. The monoisotopic (exact) mass is 336 g/mol. The Bertz CT molecular complexity index is 813. The summed E-state index contributed by atoms with van der Waals surface area (Å²) in [5.41, 5.74) is 1.75. The van der Waals surface area contributed by atoms with Crippen LogP contribution in [0.25, 0.3) is 0 Å². The van der Waals surface area contributed by atoms with Gasteiger partial charge in [-0.25, -0.2) is 5.43 Å². The van der Waals surface area contributed by atoms with Crippen molar-refractivity contribution < 1.29 is 19.2 Å². The van der Waals surface area contributed by atoms with Crippen LogP contribution < -0.4 is 10.5 Å². The van der Waals surface area contributed by atoms with Gasteiger partial charge in [0.05, 0.1) is 16.7 Å². The number of rotatable bonds is 4. The molecule has 0 aliphatic rings. The van der Waals surface area contributed by atoms with Gasteiger partial charge in [0.1, 0.15) is 11.5 Å². The quantitative estimate of drug-likeness (QED) is 0.521. The second kappa shape index (κ2) is 6.49. The van der Waals surface area contributed by atoms with Gasteiger partial charge >= 0.3 is 0 Å². The molecular formula is C14H11ClN3O5-. The average molecular weight is 337 g/mol. The molecule has 1 amide bonds. The second-order valence-electron chi connectivity index (χ2n) is 4.63. The number of nitro groups is 1. The van der Waals surface area contributed by atoms with Gasteiger partial charge in [-0.15, -0.1) is 0 Å². The minimum absolute atomic E-state index is 0.0189. The van der Waals surface area contributed by atoms with E-state index in [-0.39, 0.29) is 10.6 Å². The first-order valence-electron chi connectivity index (χ1n) is 6.35. The van der Waals surface area contributed by atoms with Gasteiger partial charge < -0.3 is 9.52 Å². The molecule has 2 aromatic rings. The molecule has 0 radical (unpaired) electrons. The van der Waals surface area contributed by atoms with E-state index in [0.29, 0.717) is 17.1 Å². The summed E-state index contributed by atoms with van der Waals surface area (Å²) < 4.78 is 5.22. The van der Waals surface area contributed by atoms with Crippen LogP contribution in [-0.2, 0) is 0 Å². The first kappa shape index (κ1) is 16.5. The van der Waals surface area contributed by atoms with E-state index in [1.54, 1.807) is 19.9 Å². The fourth-order valence-electron chi connectivity index (χ4n) is 1.91. The fraction of sp³-hybridized carbons (Fsp3) is 0.143. The molecule has 1 aromatic carbocycles. The molecule has 0 saturated carbocycles. The molecule has 0 fully saturated rings. The maximum atomic E-state index is 11.9. The third kappa shape index (κ3) is 3.67. The highest BCUT2D eigenvalue weighted by molar-refractivity contribution is 6.31. The number of nitrogens with zero attached hydrogens (tertiary/aromatic N) is 2. The SMILES string of the molecule is Cc1cc(C(=O)N/N=C\c2cc(Cl)cc([N+](=O)[O-])c2[O-])c(C)o1. The van der Waals surface area contributed by atoms with Crippen LogP contribution in [0, 0.1) is 24.0 Å². The number of carbonyl (C=O) groups excluding carboxylic acids is 1. The minimum Gasteiger partial charge on any atom is -0.867 e. The standard InChI is InChI=1S/C14H12ClN3O5/c1-7-3-11(8(2)23-7)14(20)17-16-6-9-4-10(15)5-12(13(9)19)18(21)22/h3-6,19H,1-2H3,(H,17,20)/p-1/b16-6-. The molecule has 0 aliphatic carbocycles. The number of hydrogen-bond acceptors (Lipinski definition) is 6. The van der Waals surface area contributed by atoms with Crippen molar-refractivity contribution in [1.82, 2.24) is 5.43 Å². The summed E-state index contributed by atoms with van der Waals surface area (Å²) in [6, 6.07) is 3.72. The highest BCUT2D eigenvalue weighted by atomic mass is 35.5. The maximum Gasteiger partial charge on any atom is 0.274 e. The number of furan rings is 1. The van der Waals surface area contributed by atoms with Crippen LogP contribution in [0.15, 0.2) is 27.7 Å². The largest absolute Gasteiger partial charge is 0.867 e. The second-order valence-corrected chi connectivity index (χ2v) is 5.06. The predicted molar refractivity (Wildman–Crippen MR) is 80.8 cm³/mol. The molecule has 9 heteroatoms. The predicted octanol–water partition coefficient (Wildman–Crippen LogP) is 2.30. The van der Waals surface area contributed by atoms with E-state index in [0.717, 1.165) is 12.3 Å². The number of hydrazone groups is 1. The van der Waals surface area contributed by atoms with E-state index in [2.05, 4.69) is 10.5 Å². The summed E-state index contributed by atoms with van der Waals surface area (Å²) >= 11 is 5.72. The molecule has 23 heavy (non-hydrogen) atoms. The van der Waals surface area contributed by atoms with Gasteiger partial charge in [0, 0.05) is 11.1 Å². The maximum absolute atomic E-state index is 11.9. The van der Waals surface area contributed by atoms with Crippen molar-refractivity contribution in [3.8, 4) is 5.75 Å². The summed E-state index contributed by atoms with van der Waals surface area (Å²) in [6.07, 6.45) is 1.00. The van der Waals surface area contributed by atoms with Crippen molar-refractivity contribution in [1.29, 1.82) is 0 Å². The van der Waals surface area contributed by atoms with Crippen molar-refractivity contribution in [2.24, 2.45) is 5.10 Å². The first-order chi connectivity index (χ1) is 10.8. The van der Waals surface area contributed by atoms with Crippen molar-refractivity contribution >= 4 is 29.4 Å². The summed E-state index contributed by atoms with van der Waals surface area (Å²) in [5.74, 6) is -0.366. The lowest BCUT2D eigenvalue weighted by Crippen LogP contribution is -2.18. The van der Waals surface area contributed by atoms with E-state index >= 15 is 0 Å². The zero-order chi connectivity index (χ0) is 17.1. The van der Waals surface area contributed by atoms with Gasteiger partial charge in [0.2, 0.25) is 0 Å². The Labute approximate surface area is 135 Å². The number of aryl methyl sites for hydroxylation is 2. The zero-order valence-electron chi connectivity index (χ0n) is 12.1. The molecule has 1 heterocycles. The van der Waals surface area contributed by atoms with E-state index in [1.165, 1.54) is 6.07 Å². The summed E-state index contributed by atoms with van der Waals surface area (Å²) in [7, 11) is 0. The molecule has 0 aliphatic heterocycles. The Morgan fingerprint density at radius 2 is 2.09 bits per heavy atom.